The minimum absolute atomic E-state index is 0.00397. The predicted molar refractivity (Wildman–Crippen MR) is 122 cm³/mol. The zero-order valence-electron chi connectivity index (χ0n) is 17.2. The fourth-order valence-corrected chi connectivity index (χ4v) is 4.93. The van der Waals surface area contributed by atoms with Crippen LogP contribution in [0.1, 0.15) is 16.7 Å². The van der Waals surface area contributed by atoms with Crippen LogP contribution in [0.15, 0.2) is 76.5 Å². The molecule has 9 nitrogen and oxygen atoms in total. The van der Waals surface area contributed by atoms with E-state index >= 15 is 0 Å². The maximum Gasteiger partial charge on any atom is 0.261 e. The largest absolute Gasteiger partial charge is 0.290 e. The number of amidine groups is 1. The van der Waals surface area contributed by atoms with Gasteiger partial charge in [0.2, 0.25) is 0 Å². The van der Waals surface area contributed by atoms with E-state index in [2.05, 4.69) is 9.44 Å². The van der Waals surface area contributed by atoms with Gasteiger partial charge in [0.05, 0.1) is 21.2 Å². The molecule has 5 N–H and O–H groups in total. The molecule has 0 spiro atoms. The lowest BCUT2D eigenvalue weighted by atomic mass is 10.1. The molecule has 0 saturated heterocycles. The first kappa shape index (κ1) is 23.3. The molecule has 0 heterocycles. The van der Waals surface area contributed by atoms with Gasteiger partial charge in [-0.05, 0) is 56.3 Å². The van der Waals surface area contributed by atoms with Crippen LogP contribution in [-0.2, 0) is 20.0 Å². The Morgan fingerprint density at radius 3 is 1.59 bits per heavy atom. The van der Waals surface area contributed by atoms with Crippen molar-refractivity contribution >= 4 is 37.3 Å². The van der Waals surface area contributed by atoms with Gasteiger partial charge in [-0.3, -0.25) is 25.5 Å². The molecule has 3 rings (SSSR count). The molecule has 32 heavy (non-hydrogen) atoms. The molecule has 0 saturated carbocycles. The van der Waals surface area contributed by atoms with E-state index < -0.39 is 25.9 Å². The quantitative estimate of drug-likeness (QED) is 0.202. The zero-order valence-corrected chi connectivity index (χ0v) is 18.9. The minimum Gasteiger partial charge on any atom is -0.290 e. The fraction of sp³-hybridized carbons (Fsp3) is 0.0952. The summed E-state index contributed by atoms with van der Waals surface area (Å²) in [5.74, 6) is -0.395. The van der Waals surface area contributed by atoms with Crippen LogP contribution in [0, 0.1) is 19.3 Å². The van der Waals surface area contributed by atoms with Crippen molar-refractivity contribution < 1.29 is 22.0 Å². The van der Waals surface area contributed by atoms with Crippen LogP contribution >= 0.6 is 0 Å². The summed E-state index contributed by atoms with van der Waals surface area (Å²) in [6, 6.07) is 16.2. The summed E-state index contributed by atoms with van der Waals surface area (Å²) in [5, 5.41) is 16.7. The number of hydrogen-bond donors (Lipinski definition) is 5. The lowest BCUT2D eigenvalue weighted by Gasteiger charge is -2.16. The Morgan fingerprint density at radius 1 is 0.719 bits per heavy atom. The monoisotopic (exact) mass is 474 g/mol. The van der Waals surface area contributed by atoms with E-state index in [9.17, 15) is 16.8 Å². The van der Waals surface area contributed by atoms with Gasteiger partial charge < -0.3 is 0 Å². The molecule has 0 aliphatic rings. The number of anilines is 2. The average molecular weight is 475 g/mol. The molecule has 0 atom stereocenters. The third-order valence-electron chi connectivity index (χ3n) is 4.57. The van der Waals surface area contributed by atoms with Crippen molar-refractivity contribution in [2.75, 3.05) is 9.44 Å². The molecule has 168 valence electrons. The van der Waals surface area contributed by atoms with Crippen LogP contribution in [0.4, 0.5) is 11.4 Å². The number of aryl methyl sites for hydroxylation is 2. The molecule has 0 bridgehead atoms. The van der Waals surface area contributed by atoms with E-state index in [4.69, 9.17) is 10.6 Å². The first-order valence-corrected chi connectivity index (χ1v) is 12.3. The van der Waals surface area contributed by atoms with Gasteiger partial charge in [-0.2, -0.15) is 0 Å². The topological polar surface area (TPSA) is 148 Å². The second-order valence-electron chi connectivity index (χ2n) is 7.08. The first-order chi connectivity index (χ1) is 15.0. The third kappa shape index (κ3) is 5.25. The van der Waals surface area contributed by atoms with E-state index in [1.807, 2.05) is 13.8 Å². The maximum absolute atomic E-state index is 12.9. The van der Waals surface area contributed by atoms with Crippen LogP contribution in [0.25, 0.3) is 0 Å². The van der Waals surface area contributed by atoms with Crippen molar-refractivity contribution in [2.24, 2.45) is 0 Å². The SMILES string of the molecule is Cc1ccc(S(=O)(=O)Nc2ccc(C(=N)NO)cc2NS(=O)(=O)c2ccc(C)cc2)cc1. The molecule has 0 aliphatic heterocycles. The molecule has 11 heteroatoms. The van der Waals surface area contributed by atoms with Crippen molar-refractivity contribution in [3.8, 4) is 0 Å². The van der Waals surface area contributed by atoms with Gasteiger partial charge in [0.25, 0.3) is 20.0 Å². The molecule has 0 radical (unpaired) electrons. The summed E-state index contributed by atoms with van der Waals surface area (Å²) in [6.45, 7) is 3.64. The summed E-state index contributed by atoms with van der Waals surface area (Å²) >= 11 is 0. The van der Waals surface area contributed by atoms with Crippen molar-refractivity contribution in [3.05, 3.63) is 83.4 Å². The summed E-state index contributed by atoms with van der Waals surface area (Å²) in [7, 11) is -8.09. The maximum atomic E-state index is 12.9. The van der Waals surface area contributed by atoms with Crippen LogP contribution < -0.4 is 14.9 Å². The first-order valence-electron chi connectivity index (χ1n) is 9.34. The van der Waals surface area contributed by atoms with Crippen LogP contribution in [0.2, 0.25) is 0 Å². The highest BCUT2D eigenvalue weighted by molar-refractivity contribution is 7.93. The van der Waals surface area contributed by atoms with Gasteiger partial charge in [-0.1, -0.05) is 35.4 Å². The van der Waals surface area contributed by atoms with Crippen LogP contribution in [0.3, 0.4) is 0 Å². The molecule has 0 fully saturated rings. The van der Waals surface area contributed by atoms with Gasteiger partial charge >= 0.3 is 0 Å². The minimum atomic E-state index is -4.07. The average Bonchev–Trinajstić information content (AvgIpc) is 2.74. The molecule has 3 aromatic carbocycles. The molecular weight excluding hydrogens is 452 g/mol. The number of sulfonamides is 2. The van der Waals surface area contributed by atoms with Gasteiger partial charge in [0.1, 0.15) is 5.84 Å². The van der Waals surface area contributed by atoms with Gasteiger partial charge in [-0.25, -0.2) is 16.8 Å². The Labute approximate surface area is 186 Å². The zero-order chi connectivity index (χ0) is 23.5. The number of benzene rings is 3. The highest BCUT2D eigenvalue weighted by Crippen LogP contribution is 2.29. The van der Waals surface area contributed by atoms with Gasteiger partial charge in [-0.15, -0.1) is 0 Å². The van der Waals surface area contributed by atoms with E-state index in [1.165, 1.54) is 42.5 Å². The van der Waals surface area contributed by atoms with Crippen molar-refractivity contribution in [3.63, 3.8) is 0 Å². The van der Waals surface area contributed by atoms with Crippen LogP contribution in [-0.4, -0.2) is 27.9 Å². The number of rotatable bonds is 7. The Kier molecular flexibility index (Phi) is 6.53. The Morgan fingerprint density at radius 2 is 1.16 bits per heavy atom. The normalized spacial score (nSPS) is 11.6. The molecule has 3 aromatic rings. The second-order valence-corrected chi connectivity index (χ2v) is 10.4. The van der Waals surface area contributed by atoms with Gasteiger partial charge in [0, 0.05) is 5.56 Å². The summed E-state index contributed by atoms with van der Waals surface area (Å²) in [4.78, 5) is -0.0134. The standard InChI is InChI=1S/C21H22N4O5S2/c1-14-3-8-17(9-4-14)31(27,28)24-19-12-7-16(21(22)23-26)13-20(19)25-32(29,30)18-10-5-15(2)6-11-18/h3-13,24-26H,1-2H3,(H2,22,23). The summed E-state index contributed by atoms with van der Waals surface area (Å²) in [5.41, 5.74) is 3.41. The Hall–Kier alpha value is -3.41. The van der Waals surface area contributed by atoms with Crippen LogP contribution in [0.5, 0.6) is 0 Å². The lowest BCUT2D eigenvalue weighted by Crippen LogP contribution is -2.21. The molecule has 0 aliphatic carbocycles. The van der Waals surface area contributed by atoms with Gasteiger partial charge in [0.15, 0.2) is 0 Å². The van der Waals surface area contributed by atoms with Crippen molar-refractivity contribution in [2.45, 2.75) is 23.6 Å². The van der Waals surface area contributed by atoms with E-state index in [0.717, 1.165) is 11.1 Å². The van der Waals surface area contributed by atoms with Crippen molar-refractivity contribution in [1.29, 1.82) is 5.41 Å². The molecular formula is C21H22N4O5S2. The Balaban J connectivity index is 2.03. The van der Waals surface area contributed by atoms with Crippen molar-refractivity contribution in [1.82, 2.24) is 5.48 Å². The Bertz CT molecular complexity index is 1350. The molecule has 0 amide bonds. The smallest absolute Gasteiger partial charge is 0.261 e. The lowest BCUT2D eigenvalue weighted by molar-refractivity contribution is 0.234. The van der Waals surface area contributed by atoms with E-state index in [1.54, 1.807) is 29.7 Å². The van der Waals surface area contributed by atoms with E-state index in [0.29, 0.717) is 0 Å². The fourth-order valence-electron chi connectivity index (χ4n) is 2.78. The summed E-state index contributed by atoms with van der Waals surface area (Å²) < 4.78 is 56.2. The second kappa shape index (κ2) is 8.99. The highest BCUT2D eigenvalue weighted by atomic mass is 32.2. The third-order valence-corrected chi connectivity index (χ3v) is 7.33. The molecule has 0 aromatic heterocycles. The number of hydroxylamine groups is 1. The predicted octanol–water partition coefficient (Wildman–Crippen LogP) is 3.21. The highest BCUT2D eigenvalue weighted by Gasteiger charge is 2.21. The molecule has 0 unspecified atom stereocenters. The number of hydrogen-bond acceptors (Lipinski definition) is 6. The number of nitrogens with one attached hydrogen (secondary N) is 4. The summed E-state index contributed by atoms with van der Waals surface area (Å²) in [6.07, 6.45) is 0. The van der Waals surface area contributed by atoms with E-state index in [-0.39, 0.29) is 26.7 Å².